The molecule has 0 aliphatic heterocycles. The number of anilines is 3. The highest BCUT2D eigenvalue weighted by molar-refractivity contribution is 5.61. The summed E-state index contributed by atoms with van der Waals surface area (Å²) >= 11 is 0. The van der Waals surface area contributed by atoms with Crippen LogP contribution in [0.1, 0.15) is 22.6 Å². The zero-order valence-corrected chi connectivity index (χ0v) is 23.4. The van der Waals surface area contributed by atoms with Gasteiger partial charge in [-0.05, 0) is 102 Å². The van der Waals surface area contributed by atoms with Crippen LogP contribution in [0.4, 0.5) is 17.1 Å². The van der Waals surface area contributed by atoms with E-state index in [1.807, 2.05) is 104 Å². The monoisotopic (exact) mass is 553 g/mol. The van der Waals surface area contributed by atoms with E-state index in [2.05, 4.69) is 46.6 Å². The van der Waals surface area contributed by atoms with Crippen LogP contribution in [0.15, 0.2) is 126 Å². The van der Waals surface area contributed by atoms with Gasteiger partial charge < -0.3 is 25.5 Å². The highest BCUT2D eigenvalue weighted by atomic mass is 16.5. The predicted molar refractivity (Wildman–Crippen MR) is 169 cm³/mol. The molecule has 6 rings (SSSR count). The third-order valence-electron chi connectivity index (χ3n) is 7.15. The third kappa shape index (κ3) is 5.81. The van der Waals surface area contributed by atoms with E-state index in [0.29, 0.717) is 17.5 Å². The van der Waals surface area contributed by atoms with Crippen LogP contribution in [0.25, 0.3) is 22.9 Å². The number of nitrogen functional groups attached to an aromatic ring is 2. The van der Waals surface area contributed by atoms with Crippen molar-refractivity contribution in [2.45, 2.75) is 5.92 Å². The Morgan fingerprint density at radius 2 is 0.929 bits per heavy atom. The number of nitrogens with zero attached hydrogens (tertiary/aromatic N) is 3. The molecule has 1 heterocycles. The zero-order valence-electron chi connectivity index (χ0n) is 23.4. The first-order valence-corrected chi connectivity index (χ1v) is 13.6. The van der Waals surface area contributed by atoms with Gasteiger partial charge in [0.1, 0.15) is 11.5 Å². The van der Waals surface area contributed by atoms with Crippen molar-refractivity contribution in [3.8, 4) is 34.4 Å². The molecule has 0 unspecified atom stereocenters. The molecule has 7 nitrogen and oxygen atoms in total. The molecule has 208 valence electrons. The lowest BCUT2D eigenvalue weighted by Crippen LogP contribution is -2.07. The minimum Gasteiger partial charge on any atom is -0.457 e. The fraction of sp³-hybridized carbons (Fsp3) is 0.0857. The topological polar surface area (TPSA) is 103 Å². The van der Waals surface area contributed by atoms with Crippen LogP contribution in [0, 0.1) is 0 Å². The van der Waals surface area contributed by atoms with Gasteiger partial charge in [0.15, 0.2) is 0 Å². The molecule has 0 aliphatic rings. The molecule has 0 saturated heterocycles. The summed E-state index contributed by atoms with van der Waals surface area (Å²) in [4.78, 5) is 2.04. The van der Waals surface area contributed by atoms with Gasteiger partial charge in [-0.15, -0.1) is 10.2 Å². The van der Waals surface area contributed by atoms with Crippen LogP contribution in [0.3, 0.4) is 0 Å². The lowest BCUT2D eigenvalue weighted by Gasteiger charge is -2.20. The van der Waals surface area contributed by atoms with Crippen LogP contribution >= 0.6 is 0 Å². The van der Waals surface area contributed by atoms with Crippen LogP contribution in [0.5, 0.6) is 11.5 Å². The maximum absolute atomic E-state index is 6.15. The Labute approximate surface area is 245 Å². The van der Waals surface area contributed by atoms with Gasteiger partial charge in [0, 0.05) is 48.2 Å². The molecule has 0 amide bonds. The van der Waals surface area contributed by atoms with Crippen molar-refractivity contribution >= 4 is 17.1 Å². The van der Waals surface area contributed by atoms with Crippen molar-refractivity contribution in [1.82, 2.24) is 10.2 Å². The minimum atomic E-state index is 0.0322. The Hall–Kier alpha value is -5.56. The van der Waals surface area contributed by atoms with Crippen molar-refractivity contribution in [1.29, 1.82) is 0 Å². The average molecular weight is 554 g/mol. The first-order chi connectivity index (χ1) is 20.4. The van der Waals surface area contributed by atoms with E-state index in [4.69, 9.17) is 20.6 Å². The molecule has 0 fully saturated rings. The highest BCUT2D eigenvalue weighted by Gasteiger charge is 2.17. The van der Waals surface area contributed by atoms with Gasteiger partial charge in [0.25, 0.3) is 0 Å². The number of hydrogen-bond donors (Lipinski definition) is 2. The summed E-state index contributed by atoms with van der Waals surface area (Å²) in [6, 6.07) is 39.7. The molecule has 0 atom stereocenters. The number of aromatic nitrogens is 2. The summed E-state index contributed by atoms with van der Waals surface area (Å²) in [6.07, 6.45) is 0. The second kappa shape index (κ2) is 11.5. The normalized spacial score (nSPS) is 11.0. The molecule has 0 saturated carbocycles. The van der Waals surface area contributed by atoms with E-state index in [0.717, 1.165) is 50.6 Å². The lowest BCUT2D eigenvalue weighted by atomic mass is 9.85. The van der Waals surface area contributed by atoms with Gasteiger partial charge in [0.05, 0.1) is 0 Å². The number of hydrogen-bond acceptors (Lipinski definition) is 7. The van der Waals surface area contributed by atoms with E-state index >= 15 is 0 Å². The largest absolute Gasteiger partial charge is 0.457 e. The van der Waals surface area contributed by atoms with Crippen LogP contribution in [0.2, 0.25) is 0 Å². The third-order valence-corrected chi connectivity index (χ3v) is 7.15. The summed E-state index contributed by atoms with van der Waals surface area (Å²) in [5.74, 6) is 2.41. The minimum absolute atomic E-state index is 0.0322. The predicted octanol–water partition coefficient (Wildman–Crippen LogP) is 7.61. The smallest absolute Gasteiger partial charge is 0.248 e. The molecule has 42 heavy (non-hydrogen) atoms. The first-order valence-electron chi connectivity index (χ1n) is 13.6. The number of rotatable bonds is 8. The van der Waals surface area contributed by atoms with Gasteiger partial charge >= 0.3 is 0 Å². The van der Waals surface area contributed by atoms with Crippen LogP contribution in [-0.4, -0.2) is 24.3 Å². The Balaban J connectivity index is 1.17. The maximum Gasteiger partial charge on any atom is 0.248 e. The lowest BCUT2D eigenvalue weighted by molar-refractivity contribution is 0.482. The molecular formula is C35H31N5O2. The SMILES string of the molecule is CN(C)c1ccc(-c2nnc(-c3ccc(Oc4ccc(C(c5ccc(N)cc5)c5ccc(N)cc5)cc4)cc3)o2)cc1. The molecule has 4 N–H and O–H groups in total. The molecule has 0 radical (unpaired) electrons. The Morgan fingerprint density at radius 3 is 1.36 bits per heavy atom. The second-order valence-electron chi connectivity index (χ2n) is 10.3. The van der Waals surface area contributed by atoms with Gasteiger partial charge in [-0.25, -0.2) is 0 Å². The molecule has 1 aromatic heterocycles. The van der Waals surface area contributed by atoms with Crippen molar-refractivity contribution < 1.29 is 9.15 Å². The maximum atomic E-state index is 6.15. The van der Waals surface area contributed by atoms with Gasteiger partial charge in [-0.3, -0.25) is 0 Å². The average Bonchev–Trinajstić information content (AvgIpc) is 3.51. The first kappa shape index (κ1) is 26.7. The van der Waals surface area contributed by atoms with Gasteiger partial charge in [-0.1, -0.05) is 36.4 Å². The molecular weight excluding hydrogens is 522 g/mol. The van der Waals surface area contributed by atoms with Crippen LogP contribution < -0.4 is 21.1 Å². The number of ether oxygens (including phenoxy) is 1. The van der Waals surface area contributed by atoms with Crippen molar-refractivity contribution in [3.63, 3.8) is 0 Å². The van der Waals surface area contributed by atoms with Gasteiger partial charge in [0.2, 0.25) is 11.8 Å². The second-order valence-corrected chi connectivity index (χ2v) is 10.3. The standard InChI is InChI=1S/C35H31N5O2/c1-40(2)30-17-7-26(8-18-30)34-38-39-35(42-34)27-11-21-32(22-12-27)41-31-19-9-25(10-20-31)33(23-3-13-28(36)14-4-23)24-5-15-29(37)16-6-24/h3-22,33H,36-37H2,1-2H3. The summed E-state index contributed by atoms with van der Waals surface area (Å²) in [5.41, 5.74) is 19.6. The van der Waals surface area contributed by atoms with Crippen molar-refractivity contribution in [2.24, 2.45) is 0 Å². The van der Waals surface area contributed by atoms with Crippen molar-refractivity contribution in [2.75, 3.05) is 30.5 Å². The molecule has 0 aliphatic carbocycles. The zero-order chi connectivity index (χ0) is 29.1. The van der Waals surface area contributed by atoms with E-state index in [1.165, 1.54) is 0 Å². The molecule has 7 heteroatoms. The summed E-state index contributed by atoms with van der Waals surface area (Å²) in [7, 11) is 4.01. The van der Waals surface area contributed by atoms with E-state index in [9.17, 15) is 0 Å². The highest BCUT2D eigenvalue weighted by Crippen LogP contribution is 2.35. The molecule has 5 aromatic carbocycles. The van der Waals surface area contributed by atoms with Gasteiger partial charge in [-0.2, -0.15) is 0 Å². The van der Waals surface area contributed by atoms with E-state index < -0.39 is 0 Å². The Morgan fingerprint density at radius 1 is 0.548 bits per heavy atom. The van der Waals surface area contributed by atoms with Crippen molar-refractivity contribution in [3.05, 3.63) is 138 Å². The summed E-state index contributed by atoms with van der Waals surface area (Å²) < 4.78 is 12.1. The fourth-order valence-electron chi connectivity index (χ4n) is 4.84. The quantitative estimate of drug-likeness (QED) is 0.148. The van der Waals surface area contributed by atoms with E-state index in [-0.39, 0.29) is 5.92 Å². The summed E-state index contributed by atoms with van der Waals surface area (Å²) in [6.45, 7) is 0. The molecule has 0 bridgehead atoms. The summed E-state index contributed by atoms with van der Waals surface area (Å²) in [5, 5.41) is 8.47. The fourth-order valence-corrected chi connectivity index (χ4v) is 4.84. The Bertz CT molecular complexity index is 1710. The Kier molecular flexibility index (Phi) is 7.30. The molecule has 6 aromatic rings. The van der Waals surface area contributed by atoms with E-state index in [1.54, 1.807) is 0 Å². The molecule has 0 spiro atoms. The number of benzene rings is 5. The van der Waals surface area contributed by atoms with Crippen LogP contribution in [-0.2, 0) is 0 Å². The number of nitrogens with two attached hydrogens (primary N) is 2.